The van der Waals surface area contributed by atoms with E-state index in [-0.39, 0.29) is 17.9 Å². The van der Waals surface area contributed by atoms with Crippen LogP contribution in [0.25, 0.3) is 0 Å². The molecule has 2 atom stereocenters. The van der Waals surface area contributed by atoms with E-state index in [0.29, 0.717) is 17.1 Å². The fraction of sp³-hybridized carbons (Fsp3) is 0.316. The van der Waals surface area contributed by atoms with E-state index in [4.69, 9.17) is 9.15 Å². The van der Waals surface area contributed by atoms with Crippen molar-refractivity contribution in [2.24, 2.45) is 0 Å². The zero-order valence-corrected chi connectivity index (χ0v) is 15.7. The standard InChI is InChI=1S/C19H19NO6S/c1-12(21)20-15(11-27-17(20)16-4-3-9-25-16)19(23)26-10-13-5-7-14(8-6-13)18(22)24-2/h3-9,15,17H,10-11H2,1-2H3/t15-,17+/m1/s1. The number of carbonyl (C=O) groups is 3. The number of hydrogen-bond acceptors (Lipinski definition) is 7. The summed E-state index contributed by atoms with van der Waals surface area (Å²) in [4.78, 5) is 37.6. The molecule has 2 aromatic rings. The first-order valence-electron chi connectivity index (χ1n) is 8.29. The van der Waals surface area contributed by atoms with Crippen LogP contribution in [0.5, 0.6) is 0 Å². The van der Waals surface area contributed by atoms with Gasteiger partial charge in [-0.1, -0.05) is 12.1 Å². The van der Waals surface area contributed by atoms with Crippen molar-refractivity contribution in [3.05, 3.63) is 59.5 Å². The Morgan fingerprint density at radius 1 is 1.22 bits per heavy atom. The maximum atomic E-state index is 12.5. The van der Waals surface area contributed by atoms with E-state index in [0.717, 1.165) is 5.56 Å². The fourth-order valence-electron chi connectivity index (χ4n) is 2.83. The lowest BCUT2D eigenvalue weighted by molar-refractivity contribution is -0.154. The molecule has 8 heteroatoms. The Balaban J connectivity index is 1.63. The molecule has 142 valence electrons. The number of hydrogen-bond donors (Lipinski definition) is 0. The maximum Gasteiger partial charge on any atom is 0.337 e. The second kappa shape index (κ2) is 8.30. The molecule has 1 saturated heterocycles. The molecule has 1 amide bonds. The number of esters is 2. The molecule has 0 spiro atoms. The first-order chi connectivity index (χ1) is 13.0. The zero-order valence-electron chi connectivity index (χ0n) is 14.9. The predicted molar refractivity (Wildman–Crippen MR) is 97.8 cm³/mol. The summed E-state index contributed by atoms with van der Waals surface area (Å²) in [6, 6.07) is 9.46. The van der Waals surface area contributed by atoms with Crippen molar-refractivity contribution in [1.82, 2.24) is 4.90 Å². The van der Waals surface area contributed by atoms with Crippen molar-refractivity contribution >= 4 is 29.6 Å². The van der Waals surface area contributed by atoms with Crippen LogP contribution in [0.4, 0.5) is 0 Å². The average Bonchev–Trinajstić information content (AvgIpc) is 3.35. The van der Waals surface area contributed by atoms with E-state index in [9.17, 15) is 14.4 Å². The molecular formula is C19H19NO6S. The minimum Gasteiger partial charge on any atom is -0.466 e. The molecule has 0 saturated carbocycles. The molecule has 1 aromatic heterocycles. The molecule has 7 nitrogen and oxygen atoms in total. The number of carbonyl (C=O) groups excluding carboxylic acids is 3. The summed E-state index contributed by atoms with van der Waals surface area (Å²) in [6.07, 6.45) is 1.54. The van der Waals surface area contributed by atoms with Crippen LogP contribution < -0.4 is 0 Å². The Hall–Kier alpha value is -2.74. The summed E-state index contributed by atoms with van der Waals surface area (Å²) in [5.41, 5.74) is 1.16. The summed E-state index contributed by atoms with van der Waals surface area (Å²) >= 11 is 1.46. The number of methoxy groups -OCH3 is 1. The summed E-state index contributed by atoms with van der Waals surface area (Å²) in [6.45, 7) is 1.48. The van der Waals surface area contributed by atoms with Gasteiger partial charge < -0.3 is 18.8 Å². The van der Waals surface area contributed by atoms with Gasteiger partial charge in [-0.05, 0) is 29.8 Å². The van der Waals surface area contributed by atoms with Gasteiger partial charge in [-0.2, -0.15) is 0 Å². The summed E-state index contributed by atoms with van der Waals surface area (Å²) in [7, 11) is 1.31. The zero-order chi connectivity index (χ0) is 19.4. The first kappa shape index (κ1) is 19.0. The highest BCUT2D eigenvalue weighted by atomic mass is 32.2. The van der Waals surface area contributed by atoms with Gasteiger partial charge in [0, 0.05) is 12.7 Å². The quantitative estimate of drug-likeness (QED) is 0.727. The third-order valence-electron chi connectivity index (χ3n) is 4.18. The number of rotatable bonds is 5. The Kier molecular flexibility index (Phi) is 5.85. The molecule has 1 aliphatic rings. The van der Waals surface area contributed by atoms with Crippen molar-refractivity contribution in [3.63, 3.8) is 0 Å². The van der Waals surface area contributed by atoms with E-state index >= 15 is 0 Å². The molecule has 2 heterocycles. The molecule has 0 N–H and O–H groups in total. The predicted octanol–water partition coefficient (Wildman–Crippen LogP) is 2.77. The Morgan fingerprint density at radius 3 is 2.56 bits per heavy atom. The fourth-order valence-corrected chi connectivity index (χ4v) is 4.24. The van der Waals surface area contributed by atoms with Gasteiger partial charge in [0.2, 0.25) is 5.91 Å². The lowest BCUT2D eigenvalue weighted by Crippen LogP contribution is -2.42. The van der Waals surface area contributed by atoms with Crippen molar-refractivity contribution < 1.29 is 28.3 Å². The van der Waals surface area contributed by atoms with E-state index in [1.54, 1.807) is 36.4 Å². The van der Waals surface area contributed by atoms with Gasteiger partial charge in [-0.15, -0.1) is 11.8 Å². The largest absolute Gasteiger partial charge is 0.466 e. The highest BCUT2D eigenvalue weighted by Crippen LogP contribution is 2.41. The average molecular weight is 389 g/mol. The van der Waals surface area contributed by atoms with Gasteiger partial charge in [0.15, 0.2) is 0 Å². The topological polar surface area (TPSA) is 86.1 Å². The minimum absolute atomic E-state index is 0.0542. The number of thioether (sulfide) groups is 1. The van der Waals surface area contributed by atoms with Crippen LogP contribution in [0.3, 0.4) is 0 Å². The second-order valence-corrected chi connectivity index (χ2v) is 7.05. The van der Waals surface area contributed by atoms with Gasteiger partial charge in [0.1, 0.15) is 23.8 Å². The van der Waals surface area contributed by atoms with E-state index in [1.807, 2.05) is 0 Å². The SMILES string of the molecule is COC(=O)c1ccc(COC(=O)[C@H]2CS[C@@H](c3ccco3)N2C(C)=O)cc1. The second-order valence-electron chi connectivity index (χ2n) is 5.94. The molecule has 1 fully saturated rings. The number of benzene rings is 1. The van der Waals surface area contributed by atoms with Gasteiger partial charge in [-0.3, -0.25) is 4.79 Å². The summed E-state index contributed by atoms with van der Waals surface area (Å²) in [5, 5.41) is -0.339. The van der Waals surface area contributed by atoms with Crippen molar-refractivity contribution in [3.8, 4) is 0 Å². The molecule has 0 aliphatic carbocycles. The lowest BCUT2D eigenvalue weighted by Gasteiger charge is -2.25. The highest BCUT2D eigenvalue weighted by molar-refractivity contribution is 7.99. The van der Waals surface area contributed by atoms with E-state index < -0.39 is 18.0 Å². The molecule has 27 heavy (non-hydrogen) atoms. The van der Waals surface area contributed by atoms with Gasteiger partial charge in [-0.25, -0.2) is 9.59 Å². The Labute approximate surface area is 160 Å². The lowest BCUT2D eigenvalue weighted by atomic mass is 10.1. The number of furan rings is 1. The van der Waals surface area contributed by atoms with Gasteiger partial charge >= 0.3 is 11.9 Å². The number of ether oxygens (including phenoxy) is 2. The Bertz CT molecular complexity index is 817. The van der Waals surface area contributed by atoms with Gasteiger partial charge in [0.25, 0.3) is 0 Å². The smallest absolute Gasteiger partial charge is 0.337 e. The third kappa shape index (κ3) is 4.16. The summed E-state index contributed by atoms with van der Waals surface area (Å²) < 4.78 is 15.4. The van der Waals surface area contributed by atoms with Crippen LogP contribution in [-0.2, 0) is 25.7 Å². The maximum absolute atomic E-state index is 12.5. The van der Waals surface area contributed by atoms with Crippen LogP contribution in [-0.4, -0.2) is 41.7 Å². The molecule has 3 rings (SSSR count). The first-order valence-corrected chi connectivity index (χ1v) is 9.34. The van der Waals surface area contributed by atoms with Crippen LogP contribution in [0.1, 0.15) is 34.0 Å². The third-order valence-corrected chi connectivity index (χ3v) is 5.46. The van der Waals surface area contributed by atoms with E-state index in [2.05, 4.69) is 4.74 Å². The summed E-state index contributed by atoms with van der Waals surface area (Å²) in [5.74, 6) is -0.0495. The Morgan fingerprint density at radius 2 is 1.96 bits per heavy atom. The van der Waals surface area contributed by atoms with Crippen LogP contribution in [0, 0.1) is 0 Å². The molecule has 0 bridgehead atoms. The van der Waals surface area contributed by atoms with Crippen LogP contribution in [0.2, 0.25) is 0 Å². The molecule has 0 radical (unpaired) electrons. The van der Waals surface area contributed by atoms with Crippen LogP contribution >= 0.6 is 11.8 Å². The molecular weight excluding hydrogens is 370 g/mol. The molecule has 1 aromatic carbocycles. The van der Waals surface area contributed by atoms with Crippen molar-refractivity contribution in [1.29, 1.82) is 0 Å². The number of nitrogens with zero attached hydrogens (tertiary/aromatic N) is 1. The molecule has 0 unspecified atom stereocenters. The minimum atomic E-state index is -0.669. The van der Waals surface area contributed by atoms with Crippen LogP contribution in [0.15, 0.2) is 47.1 Å². The van der Waals surface area contributed by atoms with Crippen molar-refractivity contribution in [2.75, 3.05) is 12.9 Å². The van der Waals surface area contributed by atoms with Crippen molar-refractivity contribution in [2.45, 2.75) is 24.9 Å². The van der Waals surface area contributed by atoms with Gasteiger partial charge in [0.05, 0.1) is 18.9 Å². The monoisotopic (exact) mass is 389 g/mol. The normalized spacial score (nSPS) is 19.0. The molecule has 1 aliphatic heterocycles. The highest BCUT2D eigenvalue weighted by Gasteiger charge is 2.43. The van der Waals surface area contributed by atoms with E-state index in [1.165, 1.54) is 37.0 Å². The number of amides is 1.